The predicted molar refractivity (Wildman–Crippen MR) is 125 cm³/mol. The molecule has 0 saturated carbocycles. The molecule has 0 bridgehead atoms. The molecule has 1 aliphatic heterocycles. The highest BCUT2D eigenvalue weighted by Gasteiger charge is 2.30. The Morgan fingerprint density at radius 3 is 2.12 bits per heavy atom. The fourth-order valence-corrected chi connectivity index (χ4v) is 4.91. The molecule has 9 heteroatoms. The second kappa shape index (κ2) is 10.4. The van der Waals surface area contributed by atoms with Crippen molar-refractivity contribution >= 4 is 22.0 Å². The van der Waals surface area contributed by atoms with Crippen molar-refractivity contribution in [3.8, 4) is 0 Å². The highest BCUT2D eigenvalue weighted by Crippen LogP contribution is 2.25. The normalized spacial score (nSPS) is 15.2. The fraction of sp³-hybridized carbons (Fsp3) is 0.417. The Morgan fingerprint density at radius 1 is 0.939 bits per heavy atom. The van der Waals surface area contributed by atoms with Crippen molar-refractivity contribution in [1.29, 1.82) is 0 Å². The van der Waals surface area contributed by atoms with Gasteiger partial charge in [-0.25, -0.2) is 13.2 Å². The fourth-order valence-electron chi connectivity index (χ4n) is 3.49. The average Bonchev–Trinajstić information content (AvgIpc) is 2.81. The Bertz CT molecular complexity index is 1060. The standard InChI is InChI=1S/C24H31N3O5S/c1-24(2,3)20-9-11-21(12-10-20)33(30,31)27-15-13-26(14-16-27)22(28)17-25-23(29)32-18-19-7-5-4-6-8-19/h4-12H,13-18H2,1-3H3,(H,25,29). The molecule has 1 N–H and O–H groups in total. The molecule has 0 unspecified atom stereocenters. The van der Waals surface area contributed by atoms with Crippen LogP contribution in [0.2, 0.25) is 0 Å². The number of benzene rings is 2. The zero-order valence-electron chi connectivity index (χ0n) is 19.3. The monoisotopic (exact) mass is 473 g/mol. The van der Waals surface area contributed by atoms with Crippen LogP contribution in [0.4, 0.5) is 4.79 Å². The molecule has 0 aliphatic carbocycles. The number of piperazine rings is 1. The lowest BCUT2D eigenvalue weighted by Gasteiger charge is -2.34. The second-order valence-electron chi connectivity index (χ2n) is 8.97. The van der Waals surface area contributed by atoms with Gasteiger partial charge in [0.2, 0.25) is 15.9 Å². The lowest BCUT2D eigenvalue weighted by atomic mass is 9.87. The zero-order chi connectivity index (χ0) is 24.1. The van der Waals surface area contributed by atoms with Gasteiger partial charge < -0.3 is 15.0 Å². The van der Waals surface area contributed by atoms with Crippen LogP contribution < -0.4 is 5.32 Å². The Morgan fingerprint density at radius 2 is 1.55 bits per heavy atom. The Balaban J connectivity index is 1.46. The van der Waals surface area contributed by atoms with E-state index < -0.39 is 16.1 Å². The number of rotatable bonds is 6. The first-order chi connectivity index (χ1) is 15.6. The minimum absolute atomic E-state index is 0.0592. The van der Waals surface area contributed by atoms with Crippen molar-refractivity contribution in [1.82, 2.24) is 14.5 Å². The lowest BCUT2D eigenvalue weighted by Crippen LogP contribution is -2.52. The van der Waals surface area contributed by atoms with Crippen molar-refractivity contribution in [2.24, 2.45) is 0 Å². The van der Waals surface area contributed by atoms with Crippen molar-refractivity contribution in [3.05, 3.63) is 65.7 Å². The second-order valence-corrected chi connectivity index (χ2v) is 10.9. The maximum atomic E-state index is 13.0. The summed E-state index contributed by atoms with van der Waals surface area (Å²) in [6.45, 7) is 7.07. The number of hydrogen-bond donors (Lipinski definition) is 1. The lowest BCUT2D eigenvalue weighted by molar-refractivity contribution is -0.131. The third-order valence-corrected chi connectivity index (χ3v) is 7.46. The van der Waals surface area contributed by atoms with Crippen LogP contribution >= 0.6 is 0 Å². The van der Waals surface area contributed by atoms with E-state index in [1.165, 1.54) is 4.31 Å². The number of hydrogen-bond acceptors (Lipinski definition) is 5. The van der Waals surface area contributed by atoms with Crippen LogP contribution in [0.3, 0.4) is 0 Å². The van der Waals surface area contributed by atoms with Gasteiger partial charge in [0.1, 0.15) is 13.2 Å². The van der Waals surface area contributed by atoms with E-state index in [9.17, 15) is 18.0 Å². The van der Waals surface area contributed by atoms with Gasteiger partial charge in [-0.15, -0.1) is 0 Å². The van der Waals surface area contributed by atoms with Gasteiger partial charge in [0.05, 0.1) is 4.90 Å². The van der Waals surface area contributed by atoms with Gasteiger partial charge in [-0.2, -0.15) is 4.31 Å². The van der Waals surface area contributed by atoms with Crippen LogP contribution in [0.15, 0.2) is 59.5 Å². The highest BCUT2D eigenvalue weighted by atomic mass is 32.2. The van der Waals surface area contributed by atoms with Crippen molar-refractivity contribution < 1.29 is 22.7 Å². The highest BCUT2D eigenvalue weighted by molar-refractivity contribution is 7.89. The van der Waals surface area contributed by atoms with Crippen LogP contribution in [-0.2, 0) is 31.6 Å². The molecule has 0 atom stereocenters. The van der Waals surface area contributed by atoms with Gasteiger partial charge in [-0.05, 0) is 28.7 Å². The van der Waals surface area contributed by atoms with E-state index in [1.807, 2.05) is 42.5 Å². The molecule has 1 heterocycles. The van der Waals surface area contributed by atoms with E-state index in [-0.39, 0.29) is 55.5 Å². The Kier molecular flexibility index (Phi) is 7.76. The van der Waals surface area contributed by atoms with Crippen molar-refractivity contribution in [3.63, 3.8) is 0 Å². The molecule has 2 aromatic rings. The number of nitrogens with zero attached hydrogens (tertiary/aromatic N) is 2. The minimum Gasteiger partial charge on any atom is -0.445 e. The summed E-state index contributed by atoms with van der Waals surface area (Å²) in [4.78, 5) is 26.1. The maximum absolute atomic E-state index is 13.0. The first-order valence-electron chi connectivity index (χ1n) is 10.9. The number of alkyl carbamates (subject to hydrolysis) is 1. The van der Waals surface area contributed by atoms with Gasteiger partial charge in [0, 0.05) is 26.2 Å². The molecule has 0 radical (unpaired) electrons. The Labute approximate surface area is 195 Å². The molecule has 178 valence electrons. The number of ether oxygens (including phenoxy) is 1. The Hall–Kier alpha value is -2.91. The number of amides is 2. The molecule has 1 saturated heterocycles. The molecule has 8 nitrogen and oxygen atoms in total. The van der Waals surface area contributed by atoms with Crippen LogP contribution in [0, 0.1) is 0 Å². The number of sulfonamides is 1. The van der Waals surface area contributed by atoms with Gasteiger partial charge in [-0.3, -0.25) is 4.79 Å². The summed E-state index contributed by atoms with van der Waals surface area (Å²) >= 11 is 0. The molecular weight excluding hydrogens is 442 g/mol. The third-order valence-electron chi connectivity index (χ3n) is 5.55. The third kappa shape index (κ3) is 6.55. The van der Waals surface area contributed by atoms with E-state index in [0.29, 0.717) is 0 Å². The maximum Gasteiger partial charge on any atom is 0.407 e. The van der Waals surface area contributed by atoms with E-state index in [4.69, 9.17) is 4.74 Å². The van der Waals surface area contributed by atoms with E-state index in [0.717, 1.165) is 11.1 Å². The number of carbonyl (C=O) groups excluding carboxylic acids is 2. The zero-order valence-corrected chi connectivity index (χ0v) is 20.1. The topological polar surface area (TPSA) is 96.0 Å². The number of nitrogens with one attached hydrogen (secondary N) is 1. The molecule has 1 fully saturated rings. The first kappa shape index (κ1) is 24.7. The summed E-state index contributed by atoms with van der Waals surface area (Å²) in [6, 6.07) is 16.2. The largest absolute Gasteiger partial charge is 0.445 e. The van der Waals surface area contributed by atoms with Gasteiger partial charge >= 0.3 is 6.09 Å². The quantitative estimate of drug-likeness (QED) is 0.696. The molecule has 3 rings (SSSR count). The molecular formula is C24H31N3O5S. The summed E-state index contributed by atoms with van der Waals surface area (Å²) in [5, 5.41) is 2.45. The molecule has 0 spiro atoms. The summed E-state index contributed by atoms with van der Waals surface area (Å²) in [7, 11) is -3.63. The summed E-state index contributed by atoms with van der Waals surface area (Å²) < 4.78 is 32.4. The van der Waals surface area contributed by atoms with E-state index in [1.54, 1.807) is 17.0 Å². The summed E-state index contributed by atoms with van der Waals surface area (Å²) in [5.41, 5.74) is 1.85. The SMILES string of the molecule is CC(C)(C)c1ccc(S(=O)(=O)N2CCN(C(=O)CNC(=O)OCc3ccccc3)CC2)cc1. The molecule has 33 heavy (non-hydrogen) atoms. The minimum atomic E-state index is -3.63. The van der Waals surface area contributed by atoms with Crippen LogP contribution in [0.25, 0.3) is 0 Å². The molecule has 2 amide bonds. The van der Waals surface area contributed by atoms with E-state index in [2.05, 4.69) is 26.1 Å². The van der Waals surface area contributed by atoms with E-state index >= 15 is 0 Å². The first-order valence-corrected chi connectivity index (χ1v) is 12.3. The smallest absolute Gasteiger partial charge is 0.407 e. The molecule has 0 aromatic heterocycles. The van der Waals surface area contributed by atoms with Crippen molar-refractivity contribution in [2.75, 3.05) is 32.7 Å². The number of carbonyl (C=O) groups is 2. The molecule has 1 aliphatic rings. The van der Waals surface area contributed by atoms with Crippen LogP contribution in [0.1, 0.15) is 31.9 Å². The van der Waals surface area contributed by atoms with Crippen LogP contribution in [0.5, 0.6) is 0 Å². The average molecular weight is 474 g/mol. The van der Waals surface area contributed by atoms with Gasteiger partial charge in [0.25, 0.3) is 0 Å². The predicted octanol–water partition coefficient (Wildman–Crippen LogP) is 2.74. The molecule has 2 aromatic carbocycles. The summed E-state index contributed by atoms with van der Waals surface area (Å²) in [6.07, 6.45) is -0.674. The van der Waals surface area contributed by atoms with Crippen LogP contribution in [-0.4, -0.2) is 62.3 Å². The van der Waals surface area contributed by atoms with Gasteiger partial charge in [0.15, 0.2) is 0 Å². The summed E-state index contributed by atoms with van der Waals surface area (Å²) in [5.74, 6) is -0.279. The van der Waals surface area contributed by atoms with Gasteiger partial charge in [-0.1, -0.05) is 63.2 Å². The van der Waals surface area contributed by atoms with Crippen molar-refractivity contribution in [2.45, 2.75) is 37.7 Å².